The first-order valence-electron chi connectivity index (χ1n) is 7.49. The summed E-state index contributed by atoms with van der Waals surface area (Å²) in [6.45, 7) is 9.00. The van der Waals surface area contributed by atoms with Crippen molar-refractivity contribution in [1.82, 2.24) is 0 Å². The summed E-state index contributed by atoms with van der Waals surface area (Å²) in [4.78, 5) is 11.9. The molecule has 0 saturated carbocycles. The lowest BCUT2D eigenvalue weighted by atomic mass is 9.91. The van der Waals surface area contributed by atoms with Gasteiger partial charge in [0.1, 0.15) is 12.7 Å². The fourth-order valence-corrected chi connectivity index (χ4v) is 2.73. The summed E-state index contributed by atoms with van der Waals surface area (Å²) in [5.41, 5.74) is 0.551. The molecule has 0 aromatic heterocycles. The van der Waals surface area contributed by atoms with E-state index >= 15 is 0 Å². The lowest BCUT2D eigenvalue weighted by Crippen LogP contribution is -2.42. The molecule has 1 aromatic carbocycles. The molecule has 2 rings (SSSR count). The van der Waals surface area contributed by atoms with E-state index in [2.05, 4.69) is 27.7 Å². The van der Waals surface area contributed by atoms with E-state index in [1.807, 2.05) is 18.2 Å². The van der Waals surface area contributed by atoms with E-state index in [1.165, 1.54) is 0 Å². The van der Waals surface area contributed by atoms with E-state index in [1.54, 1.807) is 12.1 Å². The highest BCUT2D eigenvalue weighted by Gasteiger charge is 2.47. The first-order chi connectivity index (χ1) is 9.95. The van der Waals surface area contributed by atoms with Crippen molar-refractivity contribution in [2.45, 2.75) is 39.6 Å². The number of carbonyl (C=O) groups is 1. The molecule has 0 amide bonds. The fourth-order valence-electron chi connectivity index (χ4n) is 2.73. The van der Waals surface area contributed by atoms with Crippen LogP contribution < -0.4 is 0 Å². The maximum atomic E-state index is 11.9. The van der Waals surface area contributed by atoms with E-state index in [4.69, 9.17) is 14.2 Å². The molecule has 0 bridgehead atoms. The second-order valence-corrected chi connectivity index (χ2v) is 6.05. The van der Waals surface area contributed by atoms with Gasteiger partial charge in [-0.05, 0) is 12.1 Å². The summed E-state index contributed by atoms with van der Waals surface area (Å²) in [5.74, 6) is -0.422. The molecule has 21 heavy (non-hydrogen) atoms. The van der Waals surface area contributed by atoms with Crippen molar-refractivity contribution in [2.75, 3.05) is 13.2 Å². The molecule has 0 spiro atoms. The zero-order valence-corrected chi connectivity index (χ0v) is 13.2. The van der Waals surface area contributed by atoms with Crippen LogP contribution in [0.15, 0.2) is 30.3 Å². The summed E-state index contributed by atoms with van der Waals surface area (Å²) in [6, 6.07) is 8.97. The number of esters is 1. The van der Waals surface area contributed by atoms with E-state index < -0.39 is 5.79 Å². The van der Waals surface area contributed by atoms with Gasteiger partial charge in [0.2, 0.25) is 0 Å². The number of benzene rings is 1. The van der Waals surface area contributed by atoms with Crippen LogP contribution in [0.4, 0.5) is 0 Å². The average Bonchev–Trinajstić information content (AvgIpc) is 2.91. The molecule has 0 radical (unpaired) electrons. The van der Waals surface area contributed by atoms with Crippen LogP contribution in [0.2, 0.25) is 0 Å². The van der Waals surface area contributed by atoms with E-state index in [9.17, 15) is 4.79 Å². The van der Waals surface area contributed by atoms with Crippen molar-refractivity contribution in [2.24, 2.45) is 11.8 Å². The molecule has 1 aliphatic rings. The Morgan fingerprint density at radius 1 is 1.24 bits per heavy atom. The topological polar surface area (TPSA) is 44.8 Å². The summed E-state index contributed by atoms with van der Waals surface area (Å²) in [6.07, 6.45) is -0.206. The first-order valence-corrected chi connectivity index (χ1v) is 7.49. The van der Waals surface area contributed by atoms with Crippen molar-refractivity contribution < 1.29 is 19.0 Å². The van der Waals surface area contributed by atoms with Gasteiger partial charge in [-0.3, -0.25) is 0 Å². The normalized spacial score (nSPS) is 21.0. The van der Waals surface area contributed by atoms with Gasteiger partial charge >= 0.3 is 5.97 Å². The summed E-state index contributed by atoms with van der Waals surface area (Å²) in [7, 11) is 0. The van der Waals surface area contributed by atoms with Crippen LogP contribution in [0.5, 0.6) is 0 Å². The SMILES string of the molecule is CC(C)C1(C(C)C)OC[C@@H](COC(=O)c2ccccc2)O1. The Hall–Kier alpha value is -1.39. The zero-order chi connectivity index (χ0) is 15.5. The molecule has 116 valence electrons. The number of ether oxygens (including phenoxy) is 3. The van der Waals surface area contributed by atoms with Crippen molar-refractivity contribution in [1.29, 1.82) is 0 Å². The van der Waals surface area contributed by atoms with Crippen LogP contribution >= 0.6 is 0 Å². The van der Waals surface area contributed by atoms with Crippen LogP contribution in [0.3, 0.4) is 0 Å². The van der Waals surface area contributed by atoms with Gasteiger partial charge in [0.25, 0.3) is 0 Å². The molecule has 4 nitrogen and oxygen atoms in total. The molecular weight excluding hydrogens is 268 g/mol. The minimum atomic E-state index is -0.580. The van der Waals surface area contributed by atoms with Gasteiger partial charge in [-0.1, -0.05) is 45.9 Å². The monoisotopic (exact) mass is 292 g/mol. The molecule has 1 aliphatic heterocycles. The molecule has 1 saturated heterocycles. The predicted octanol–water partition coefficient (Wildman–Crippen LogP) is 3.27. The number of rotatable bonds is 5. The standard InChI is InChI=1S/C17H24O4/c1-12(2)17(13(3)4)20-11-15(21-17)10-19-16(18)14-8-6-5-7-9-14/h5-9,12-13,15H,10-11H2,1-4H3/t15-/m1/s1. The van der Waals surface area contributed by atoms with Crippen LogP contribution in [-0.2, 0) is 14.2 Å². The Kier molecular flexibility index (Phi) is 5.01. The highest BCUT2D eigenvalue weighted by atomic mass is 16.8. The number of hydrogen-bond donors (Lipinski definition) is 0. The van der Waals surface area contributed by atoms with Gasteiger partial charge < -0.3 is 14.2 Å². The molecule has 1 atom stereocenters. The number of carbonyl (C=O) groups excluding carboxylic acids is 1. The average molecular weight is 292 g/mol. The lowest BCUT2D eigenvalue weighted by Gasteiger charge is -2.35. The molecule has 1 fully saturated rings. The first kappa shape index (κ1) is 16.0. The maximum Gasteiger partial charge on any atom is 0.338 e. The third-order valence-electron chi connectivity index (χ3n) is 3.86. The molecule has 4 heteroatoms. The van der Waals surface area contributed by atoms with Crippen molar-refractivity contribution in [3.63, 3.8) is 0 Å². The molecule has 0 unspecified atom stereocenters. The Labute approximate surface area is 126 Å². The van der Waals surface area contributed by atoms with Gasteiger partial charge in [-0.15, -0.1) is 0 Å². The summed E-state index contributed by atoms with van der Waals surface area (Å²) in [5, 5.41) is 0. The Bertz CT molecular complexity index is 459. The second-order valence-electron chi connectivity index (χ2n) is 6.05. The van der Waals surface area contributed by atoms with Crippen LogP contribution in [0.1, 0.15) is 38.1 Å². The van der Waals surface area contributed by atoms with Crippen LogP contribution in [0.25, 0.3) is 0 Å². The van der Waals surface area contributed by atoms with E-state index in [0.717, 1.165) is 0 Å². The molecule has 1 heterocycles. The lowest BCUT2D eigenvalue weighted by molar-refractivity contribution is -0.227. The minimum absolute atomic E-state index is 0.206. The van der Waals surface area contributed by atoms with Crippen LogP contribution in [0, 0.1) is 11.8 Å². The Balaban J connectivity index is 1.90. The predicted molar refractivity (Wildman–Crippen MR) is 80.0 cm³/mol. The van der Waals surface area contributed by atoms with Crippen molar-refractivity contribution in [3.8, 4) is 0 Å². The van der Waals surface area contributed by atoms with Gasteiger partial charge in [0.05, 0.1) is 12.2 Å². The zero-order valence-electron chi connectivity index (χ0n) is 13.2. The third-order valence-corrected chi connectivity index (χ3v) is 3.86. The number of hydrogen-bond acceptors (Lipinski definition) is 4. The van der Waals surface area contributed by atoms with Gasteiger partial charge in [0.15, 0.2) is 5.79 Å². The Morgan fingerprint density at radius 3 is 2.38 bits per heavy atom. The Morgan fingerprint density at radius 2 is 1.86 bits per heavy atom. The molecule has 1 aromatic rings. The van der Waals surface area contributed by atoms with Crippen molar-refractivity contribution in [3.05, 3.63) is 35.9 Å². The van der Waals surface area contributed by atoms with E-state index in [-0.39, 0.29) is 30.5 Å². The van der Waals surface area contributed by atoms with Gasteiger partial charge in [-0.25, -0.2) is 4.79 Å². The van der Waals surface area contributed by atoms with Crippen LogP contribution in [-0.4, -0.2) is 31.1 Å². The largest absolute Gasteiger partial charge is 0.459 e. The van der Waals surface area contributed by atoms with Crippen molar-refractivity contribution >= 4 is 5.97 Å². The molecular formula is C17H24O4. The highest BCUT2D eigenvalue weighted by molar-refractivity contribution is 5.89. The second kappa shape index (κ2) is 6.58. The van der Waals surface area contributed by atoms with Gasteiger partial charge in [0, 0.05) is 11.8 Å². The highest BCUT2D eigenvalue weighted by Crippen LogP contribution is 2.37. The minimum Gasteiger partial charge on any atom is -0.459 e. The summed E-state index contributed by atoms with van der Waals surface area (Å²) >= 11 is 0. The molecule has 0 N–H and O–H groups in total. The molecule has 0 aliphatic carbocycles. The fraction of sp³-hybridized carbons (Fsp3) is 0.588. The third kappa shape index (κ3) is 3.44. The van der Waals surface area contributed by atoms with Gasteiger partial charge in [-0.2, -0.15) is 0 Å². The quantitative estimate of drug-likeness (QED) is 0.781. The smallest absolute Gasteiger partial charge is 0.338 e. The summed E-state index contributed by atoms with van der Waals surface area (Å²) < 4.78 is 17.3. The maximum absolute atomic E-state index is 11.9. The van der Waals surface area contributed by atoms with E-state index in [0.29, 0.717) is 12.2 Å².